The Kier molecular flexibility index (Phi) is 5.69. The van der Waals surface area contributed by atoms with E-state index < -0.39 is 11.7 Å². The molecule has 0 bridgehead atoms. The minimum absolute atomic E-state index is 0.00198. The fourth-order valence-corrected chi connectivity index (χ4v) is 2.84. The van der Waals surface area contributed by atoms with Crippen LogP contribution in [0.1, 0.15) is 40.0 Å². The molecule has 3 atom stereocenters. The predicted octanol–water partition coefficient (Wildman–Crippen LogP) is 1.37. The Morgan fingerprint density at radius 3 is 2.59 bits per heavy atom. The van der Waals surface area contributed by atoms with Gasteiger partial charge < -0.3 is 19.9 Å². The summed E-state index contributed by atoms with van der Waals surface area (Å²) in [5.74, 6) is 0.707. The van der Waals surface area contributed by atoms with Gasteiger partial charge >= 0.3 is 6.09 Å². The summed E-state index contributed by atoms with van der Waals surface area (Å²) in [4.78, 5) is 14.1. The second-order valence-corrected chi connectivity index (χ2v) is 7.63. The number of likely N-dealkylation sites (N-methyl/N-ethyl adjacent to an activating group) is 1. The lowest BCUT2D eigenvalue weighted by Gasteiger charge is -2.30. The van der Waals surface area contributed by atoms with Gasteiger partial charge in [-0.3, -0.25) is 4.90 Å². The van der Waals surface area contributed by atoms with Crippen molar-refractivity contribution in [2.24, 2.45) is 5.92 Å². The van der Waals surface area contributed by atoms with Gasteiger partial charge in [-0.25, -0.2) is 4.79 Å². The van der Waals surface area contributed by atoms with Gasteiger partial charge in [0.05, 0.1) is 25.4 Å². The summed E-state index contributed by atoms with van der Waals surface area (Å²) in [7, 11) is 1.97. The molecule has 1 aliphatic heterocycles. The lowest BCUT2D eigenvalue weighted by atomic mass is 10.1. The third-order valence-electron chi connectivity index (χ3n) is 4.13. The number of carbonyl (C=O) groups excluding carboxylic acids is 1. The van der Waals surface area contributed by atoms with E-state index in [1.54, 1.807) is 0 Å². The van der Waals surface area contributed by atoms with E-state index in [1.807, 2.05) is 27.8 Å². The quantitative estimate of drug-likeness (QED) is 0.775. The van der Waals surface area contributed by atoms with Crippen molar-refractivity contribution >= 4 is 6.09 Å². The number of alkyl carbamates (subject to hydrolysis) is 1. The van der Waals surface area contributed by atoms with Crippen molar-refractivity contribution in [3.8, 4) is 0 Å². The number of hydrogen-bond acceptors (Lipinski definition) is 5. The highest BCUT2D eigenvalue weighted by Crippen LogP contribution is 2.33. The SMILES string of the molecule is CN(CC(CC1CC1)NC(=O)OC(C)(C)C)[C@@H]1COC[C@H]1O. The topological polar surface area (TPSA) is 71.0 Å². The zero-order valence-corrected chi connectivity index (χ0v) is 14.2. The molecule has 2 N–H and O–H groups in total. The van der Waals surface area contributed by atoms with E-state index in [9.17, 15) is 9.90 Å². The van der Waals surface area contributed by atoms with E-state index in [2.05, 4.69) is 10.2 Å². The zero-order valence-electron chi connectivity index (χ0n) is 14.2. The van der Waals surface area contributed by atoms with E-state index in [0.29, 0.717) is 25.7 Å². The lowest BCUT2D eigenvalue weighted by molar-refractivity contribution is 0.0467. The molecule has 1 saturated carbocycles. The Morgan fingerprint density at radius 2 is 2.09 bits per heavy atom. The maximum Gasteiger partial charge on any atom is 0.407 e. The van der Waals surface area contributed by atoms with Gasteiger partial charge in [0.1, 0.15) is 5.60 Å². The summed E-state index contributed by atoms with van der Waals surface area (Å²) in [6.45, 7) is 7.21. The minimum atomic E-state index is -0.490. The zero-order chi connectivity index (χ0) is 16.3. The molecule has 0 aromatic rings. The second-order valence-electron chi connectivity index (χ2n) is 7.63. The molecule has 22 heavy (non-hydrogen) atoms. The molecule has 1 saturated heterocycles. The molecular weight excluding hydrogens is 284 g/mol. The molecule has 128 valence electrons. The molecule has 1 heterocycles. The van der Waals surface area contributed by atoms with Crippen molar-refractivity contribution in [1.29, 1.82) is 0 Å². The highest BCUT2D eigenvalue weighted by molar-refractivity contribution is 5.68. The Morgan fingerprint density at radius 1 is 1.41 bits per heavy atom. The maximum atomic E-state index is 12.0. The fraction of sp³-hybridized carbons (Fsp3) is 0.938. The standard InChI is InChI=1S/C16H30N2O4/c1-16(2,3)22-15(20)17-12(7-11-5-6-11)8-18(4)13-9-21-10-14(13)19/h11-14,19H,5-10H2,1-4H3,(H,17,20)/t12?,13-,14-/m1/s1. The Hall–Kier alpha value is -0.850. The molecule has 0 radical (unpaired) electrons. The molecule has 0 aromatic carbocycles. The summed E-state index contributed by atoms with van der Waals surface area (Å²) < 4.78 is 10.7. The molecular formula is C16H30N2O4. The monoisotopic (exact) mass is 314 g/mol. The van der Waals surface area contributed by atoms with Gasteiger partial charge in [-0.15, -0.1) is 0 Å². The molecule has 1 amide bonds. The first-order valence-electron chi connectivity index (χ1n) is 8.20. The molecule has 1 unspecified atom stereocenters. The van der Waals surface area contributed by atoms with Crippen LogP contribution >= 0.6 is 0 Å². The number of aliphatic hydroxyl groups excluding tert-OH is 1. The summed E-state index contributed by atoms with van der Waals surface area (Å²) in [6.07, 6.45) is 2.63. The van der Waals surface area contributed by atoms with Crippen LogP contribution in [0, 0.1) is 5.92 Å². The second kappa shape index (κ2) is 7.15. The van der Waals surface area contributed by atoms with Crippen molar-refractivity contribution in [2.75, 3.05) is 26.8 Å². The molecule has 0 aromatic heterocycles. The minimum Gasteiger partial charge on any atom is -0.444 e. The van der Waals surface area contributed by atoms with Crippen LogP contribution in [0.5, 0.6) is 0 Å². The van der Waals surface area contributed by atoms with Gasteiger partial charge in [0.2, 0.25) is 0 Å². The van der Waals surface area contributed by atoms with Crippen LogP contribution in [0.4, 0.5) is 4.79 Å². The largest absolute Gasteiger partial charge is 0.444 e. The Labute approximate surface area is 133 Å². The first-order valence-corrected chi connectivity index (χ1v) is 8.20. The average Bonchev–Trinajstić information content (AvgIpc) is 3.05. The van der Waals surface area contributed by atoms with E-state index in [-0.39, 0.29) is 18.2 Å². The molecule has 0 spiro atoms. The number of aliphatic hydroxyl groups is 1. The molecule has 2 rings (SSSR count). The van der Waals surface area contributed by atoms with Gasteiger partial charge in [0, 0.05) is 12.6 Å². The Balaban J connectivity index is 1.86. The summed E-state index contributed by atoms with van der Waals surface area (Å²) >= 11 is 0. The lowest BCUT2D eigenvalue weighted by Crippen LogP contribution is -2.49. The number of carbonyl (C=O) groups is 1. The van der Waals surface area contributed by atoms with Crippen LogP contribution in [0.15, 0.2) is 0 Å². The van der Waals surface area contributed by atoms with Gasteiger partial charge in [-0.1, -0.05) is 12.8 Å². The third-order valence-corrected chi connectivity index (χ3v) is 4.13. The first-order chi connectivity index (χ1) is 10.2. The first kappa shape index (κ1) is 17.5. The van der Waals surface area contributed by atoms with Gasteiger partial charge in [0.15, 0.2) is 0 Å². The predicted molar refractivity (Wildman–Crippen MR) is 83.7 cm³/mol. The average molecular weight is 314 g/mol. The molecule has 1 aliphatic carbocycles. The van der Waals surface area contributed by atoms with Gasteiger partial charge in [-0.2, -0.15) is 0 Å². The summed E-state index contributed by atoms with van der Waals surface area (Å²) in [6, 6.07) is 0.0438. The number of hydrogen-bond donors (Lipinski definition) is 2. The smallest absolute Gasteiger partial charge is 0.407 e. The summed E-state index contributed by atoms with van der Waals surface area (Å²) in [5.41, 5.74) is -0.490. The van der Waals surface area contributed by atoms with Crippen LogP contribution in [0.25, 0.3) is 0 Å². The fourth-order valence-electron chi connectivity index (χ4n) is 2.84. The van der Waals surface area contributed by atoms with Crippen LogP contribution in [0.3, 0.4) is 0 Å². The molecule has 2 fully saturated rings. The highest BCUT2D eigenvalue weighted by Gasteiger charge is 2.33. The van der Waals surface area contributed by atoms with Crippen LogP contribution in [-0.4, -0.2) is 66.7 Å². The van der Waals surface area contributed by atoms with E-state index >= 15 is 0 Å². The molecule has 6 nitrogen and oxygen atoms in total. The van der Waals surface area contributed by atoms with Gasteiger partial charge in [-0.05, 0) is 40.2 Å². The molecule has 2 aliphatic rings. The highest BCUT2D eigenvalue weighted by atomic mass is 16.6. The number of ether oxygens (including phenoxy) is 2. The number of amides is 1. The number of rotatable bonds is 6. The third kappa shape index (κ3) is 5.74. The summed E-state index contributed by atoms with van der Waals surface area (Å²) in [5, 5.41) is 12.9. The van der Waals surface area contributed by atoms with E-state index in [1.165, 1.54) is 12.8 Å². The van der Waals surface area contributed by atoms with Crippen LogP contribution in [-0.2, 0) is 9.47 Å². The number of nitrogens with zero attached hydrogens (tertiary/aromatic N) is 1. The van der Waals surface area contributed by atoms with Crippen molar-refractivity contribution in [3.63, 3.8) is 0 Å². The van der Waals surface area contributed by atoms with Crippen molar-refractivity contribution in [2.45, 2.75) is 63.8 Å². The van der Waals surface area contributed by atoms with Crippen LogP contribution < -0.4 is 5.32 Å². The Bertz CT molecular complexity index is 379. The van der Waals surface area contributed by atoms with Gasteiger partial charge in [0.25, 0.3) is 0 Å². The van der Waals surface area contributed by atoms with Crippen molar-refractivity contribution < 1.29 is 19.4 Å². The van der Waals surface area contributed by atoms with E-state index in [4.69, 9.17) is 9.47 Å². The normalized spacial score (nSPS) is 27.0. The molecule has 6 heteroatoms. The van der Waals surface area contributed by atoms with E-state index in [0.717, 1.165) is 6.42 Å². The van der Waals surface area contributed by atoms with Crippen molar-refractivity contribution in [3.05, 3.63) is 0 Å². The van der Waals surface area contributed by atoms with Crippen LogP contribution in [0.2, 0.25) is 0 Å². The maximum absolute atomic E-state index is 12.0. The number of nitrogens with one attached hydrogen (secondary N) is 1. The van der Waals surface area contributed by atoms with Crippen molar-refractivity contribution in [1.82, 2.24) is 10.2 Å².